The number of anilines is 2. The number of halogens is 2. The lowest BCUT2D eigenvalue weighted by atomic mass is 10.4. The largest absolute Gasteiger partial charge is 0.371 e. The fraction of sp³-hybridized carbons (Fsp3) is 0.400. The highest BCUT2D eigenvalue weighted by Gasteiger charge is 2.12. The van der Waals surface area contributed by atoms with Gasteiger partial charge in [-0.1, -0.05) is 0 Å². The number of amides is 1. The first-order chi connectivity index (χ1) is 7.95. The summed E-state index contributed by atoms with van der Waals surface area (Å²) in [5.41, 5.74) is 0. The van der Waals surface area contributed by atoms with Crippen LogP contribution in [0.5, 0.6) is 0 Å². The summed E-state index contributed by atoms with van der Waals surface area (Å²) in [6.07, 6.45) is 0. The fourth-order valence-corrected chi connectivity index (χ4v) is 1.08. The zero-order valence-corrected chi connectivity index (χ0v) is 9.84. The van der Waals surface area contributed by atoms with Crippen LogP contribution in [-0.2, 0) is 4.79 Å². The molecule has 1 aromatic rings. The predicted octanol–water partition coefficient (Wildman–Crippen LogP) is 0.902. The topological polar surface area (TPSA) is 57.3 Å². The molecule has 17 heavy (non-hydrogen) atoms. The first-order valence-corrected chi connectivity index (χ1v) is 4.93. The number of hydrogen-bond acceptors (Lipinski definition) is 4. The van der Waals surface area contributed by atoms with Gasteiger partial charge in [-0.2, -0.15) is 0 Å². The van der Waals surface area contributed by atoms with Crippen LogP contribution in [0.1, 0.15) is 0 Å². The molecular formula is C10H14F2N4O. The van der Waals surface area contributed by atoms with Crippen LogP contribution in [0.2, 0.25) is 0 Å². The molecule has 1 rings (SSSR count). The lowest BCUT2D eigenvalue weighted by Gasteiger charge is -2.12. The van der Waals surface area contributed by atoms with E-state index in [1.54, 1.807) is 14.1 Å². The Balaban J connectivity index is 2.81. The van der Waals surface area contributed by atoms with E-state index in [-0.39, 0.29) is 24.1 Å². The third-order valence-corrected chi connectivity index (χ3v) is 2.07. The molecule has 0 saturated carbocycles. The normalized spacial score (nSPS) is 9.94. The Hall–Kier alpha value is -1.92. The Morgan fingerprint density at radius 3 is 2.47 bits per heavy atom. The van der Waals surface area contributed by atoms with E-state index in [0.717, 1.165) is 0 Å². The second-order valence-electron chi connectivity index (χ2n) is 3.54. The monoisotopic (exact) mass is 244 g/mol. The van der Waals surface area contributed by atoms with Crippen molar-refractivity contribution >= 4 is 17.5 Å². The smallest absolute Gasteiger partial charge is 0.241 e. The highest BCUT2D eigenvalue weighted by molar-refractivity contribution is 5.80. The molecule has 0 aliphatic rings. The third-order valence-electron chi connectivity index (χ3n) is 2.07. The van der Waals surface area contributed by atoms with E-state index >= 15 is 0 Å². The van der Waals surface area contributed by atoms with Crippen molar-refractivity contribution in [2.45, 2.75) is 0 Å². The van der Waals surface area contributed by atoms with Gasteiger partial charge in [0.2, 0.25) is 5.91 Å². The maximum atomic E-state index is 13.3. The van der Waals surface area contributed by atoms with Crippen molar-refractivity contribution in [2.75, 3.05) is 38.3 Å². The molecule has 2 N–H and O–H groups in total. The van der Waals surface area contributed by atoms with Crippen LogP contribution in [0.25, 0.3) is 0 Å². The first-order valence-electron chi connectivity index (χ1n) is 4.93. The summed E-state index contributed by atoms with van der Waals surface area (Å²) in [6, 6.07) is 0.710. The molecule has 0 atom stereocenters. The van der Waals surface area contributed by atoms with E-state index in [2.05, 4.69) is 15.6 Å². The summed E-state index contributed by atoms with van der Waals surface area (Å²) in [7, 11) is 4.63. The zero-order valence-electron chi connectivity index (χ0n) is 9.84. The number of likely N-dealkylation sites (N-methyl/N-ethyl adjacent to an activating group) is 1. The van der Waals surface area contributed by atoms with Crippen LogP contribution in [0.3, 0.4) is 0 Å². The third kappa shape index (κ3) is 3.27. The van der Waals surface area contributed by atoms with Crippen LogP contribution in [0.15, 0.2) is 6.07 Å². The van der Waals surface area contributed by atoms with Crippen LogP contribution in [-0.4, -0.2) is 43.5 Å². The minimum Gasteiger partial charge on any atom is -0.371 e. The molecule has 0 spiro atoms. The van der Waals surface area contributed by atoms with Gasteiger partial charge < -0.3 is 15.5 Å². The van der Waals surface area contributed by atoms with Crippen molar-refractivity contribution in [2.24, 2.45) is 0 Å². The van der Waals surface area contributed by atoms with Crippen molar-refractivity contribution in [1.29, 1.82) is 0 Å². The van der Waals surface area contributed by atoms with Crippen molar-refractivity contribution in [3.8, 4) is 0 Å². The van der Waals surface area contributed by atoms with Gasteiger partial charge in [0, 0.05) is 27.2 Å². The molecule has 1 aromatic heterocycles. The number of pyridine rings is 1. The van der Waals surface area contributed by atoms with Crippen molar-refractivity contribution in [3.05, 3.63) is 17.7 Å². The van der Waals surface area contributed by atoms with E-state index in [9.17, 15) is 13.6 Å². The lowest BCUT2D eigenvalue weighted by Crippen LogP contribution is -2.29. The van der Waals surface area contributed by atoms with Gasteiger partial charge in [0.25, 0.3) is 0 Å². The van der Waals surface area contributed by atoms with Crippen LogP contribution < -0.4 is 10.6 Å². The number of rotatable bonds is 4. The molecule has 1 heterocycles. The zero-order chi connectivity index (χ0) is 13.0. The summed E-state index contributed by atoms with van der Waals surface area (Å²) < 4.78 is 26.4. The molecule has 94 valence electrons. The van der Waals surface area contributed by atoms with Gasteiger partial charge in [0.05, 0.1) is 6.54 Å². The van der Waals surface area contributed by atoms with E-state index in [0.29, 0.717) is 6.07 Å². The van der Waals surface area contributed by atoms with E-state index < -0.39 is 11.6 Å². The Labute approximate surface area is 97.8 Å². The average Bonchev–Trinajstić information content (AvgIpc) is 2.27. The quantitative estimate of drug-likeness (QED) is 0.826. The SMILES string of the molecule is CNc1nc(NCC(=O)N(C)C)c(F)cc1F. The number of aromatic nitrogens is 1. The first kappa shape index (κ1) is 13.1. The standard InChI is InChI=1S/C10H14F2N4O/c1-13-9-6(11)4-7(12)10(15-9)14-5-8(17)16(2)3/h4H,5H2,1-3H3,(H2,13,14,15). The van der Waals surface area contributed by atoms with Crippen LogP contribution >= 0.6 is 0 Å². The van der Waals surface area contributed by atoms with Gasteiger partial charge >= 0.3 is 0 Å². The maximum absolute atomic E-state index is 13.3. The molecule has 0 aliphatic carbocycles. The minimum absolute atomic E-state index is 0.0776. The minimum atomic E-state index is -0.840. The summed E-state index contributed by atoms with van der Waals surface area (Å²) in [5.74, 6) is -2.10. The van der Waals surface area contributed by atoms with Crippen LogP contribution in [0.4, 0.5) is 20.4 Å². The van der Waals surface area contributed by atoms with Gasteiger partial charge in [0.15, 0.2) is 23.3 Å². The van der Waals surface area contributed by atoms with Gasteiger partial charge in [-0.3, -0.25) is 4.79 Å². The number of nitrogens with one attached hydrogen (secondary N) is 2. The van der Waals surface area contributed by atoms with Crippen molar-refractivity contribution in [3.63, 3.8) is 0 Å². The van der Waals surface area contributed by atoms with Crippen LogP contribution in [0, 0.1) is 11.6 Å². The molecule has 0 saturated heterocycles. The van der Waals surface area contributed by atoms with E-state index in [1.165, 1.54) is 11.9 Å². The molecule has 7 heteroatoms. The van der Waals surface area contributed by atoms with Gasteiger partial charge in [-0.05, 0) is 0 Å². The molecule has 0 fully saturated rings. The van der Waals surface area contributed by atoms with E-state index in [1.807, 2.05) is 0 Å². The van der Waals surface area contributed by atoms with Crippen molar-refractivity contribution < 1.29 is 13.6 Å². The number of hydrogen-bond donors (Lipinski definition) is 2. The second kappa shape index (κ2) is 5.42. The summed E-state index contributed by atoms with van der Waals surface area (Å²) >= 11 is 0. The highest BCUT2D eigenvalue weighted by Crippen LogP contribution is 2.18. The number of carbonyl (C=O) groups excluding carboxylic acids is 1. The molecular weight excluding hydrogens is 230 g/mol. The Morgan fingerprint density at radius 1 is 1.35 bits per heavy atom. The summed E-state index contributed by atoms with van der Waals surface area (Å²) in [5, 5.41) is 5.00. The Bertz CT molecular complexity index is 423. The molecule has 1 amide bonds. The lowest BCUT2D eigenvalue weighted by molar-refractivity contribution is -0.126. The molecule has 5 nitrogen and oxygen atoms in total. The average molecular weight is 244 g/mol. The van der Waals surface area contributed by atoms with Gasteiger partial charge in [-0.25, -0.2) is 13.8 Å². The summed E-state index contributed by atoms with van der Waals surface area (Å²) in [6.45, 7) is -0.105. The predicted molar refractivity (Wildman–Crippen MR) is 60.9 cm³/mol. The maximum Gasteiger partial charge on any atom is 0.241 e. The fourth-order valence-electron chi connectivity index (χ4n) is 1.08. The molecule has 0 aliphatic heterocycles. The Morgan fingerprint density at radius 2 is 1.94 bits per heavy atom. The molecule has 0 unspecified atom stereocenters. The van der Waals surface area contributed by atoms with Crippen molar-refractivity contribution in [1.82, 2.24) is 9.88 Å². The second-order valence-corrected chi connectivity index (χ2v) is 3.54. The highest BCUT2D eigenvalue weighted by atomic mass is 19.1. The number of nitrogens with zero attached hydrogens (tertiary/aromatic N) is 2. The Kier molecular flexibility index (Phi) is 4.19. The van der Waals surface area contributed by atoms with Gasteiger partial charge in [-0.15, -0.1) is 0 Å². The van der Waals surface area contributed by atoms with E-state index in [4.69, 9.17) is 0 Å². The summed E-state index contributed by atoms with van der Waals surface area (Å²) in [4.78, 5) is 16.3. The molecule has 0 bridgehead atoms. The molecule has 0 radical (unpaired) electrons. The molecule has 0 aromatic carbocycles. The van der Waals surface area contributed by atoms with Gasteiger partial charge in [0.1, 0.15) is 0 Å². The number of carbonyl (C=O) groups is 1.